The molecule has 5 aliphatic carbocycles. The van der Waals surface area contributed by atoms with Crippen molar-refractivity contribution in [1.82, 2.24) is 99.0 Å². The van der Waals surface area contributed by atoms with Crippen LogP contribution in [-0.2, 0) is 238 Å². The summed E-state index contributed by atoms with van der Waals surface area (Å²) in [4.78, 5) is 62.3. The fraction of sp³-hybridized carbons (Fsp3) is 0.323. The molecule has 141 heavy (non-hydrogen) atoms. The molecule has 0 unspecified atom stereocenters. The van der Waals surface area contributed by atoms with Crippen LogP contribution in [0, 0.1) is 37.3 Å². The van der Waals surface area contributed by atoms with Crippen LogP contribution in [0.4, 0.5) is 35.1 Å². The number of ether oxygens (including phenoxy) is 6. The molecule has 0 atom stereocenters. The number of halogens is 8. The van der Waals surface area contributed by atoms with Crippen molar-refractivity contribution in [3.8, 4) is 62.9 Å². The predicted octanol–water partition coefficient (Wildman–Crippen LogP) is 15.4. The molecule has 5 heterocycles. The minimum atomic E-state index is -4.90. The molecule has 5 aliphatic rings. The summed E-state index contributed by atoms with van der Waals surface area (Å²) in [5.74, 6) is 6.31. The van der Waals surface area contributed by atoms with Crippen molar-refractivity contribution < 1.29 is 227 Å². The van der Waals surface area contributed by atoms with E-state index < -0.39 is 47.3 Å². The van der Waals surface area contributed by atoms with Crippen LogP contribution in [0.25, 0.3) is 28.4 Å². The molecule has 5 aromatic heterocycles. The van der Waals surface area contributed by atoms with Crippen molar-refractivity contribution in [3.05, 3.63) is 337 Å². The Kier molecular flexibility index (Phi) is 40.1. The van der Waals surface area contributed by atoms with Gasteiger partial charge in [-0.3, -0.25) is 0 Å². The molecule has 0 spiro atoms. The van der Waals surface area contributed by atoms with Crippen molar-refractivity contribution in [3.63, 3.8) is 0 Å². The number of hydrogen-bond acceptors (Lipinski definition) is 22. The zero-order valence-corrected chi connectivity index (χ0v) is 92.4. The predicted molar refractivity (Wildman–Crippen MR) is 479 cm³/mol. The van der Waals surface area contributed by atoms with Gasteiger partial charge in [0.2, 0.25) is 0 Å². The minimum Gasteiger partial charge on any atom is -0.514 e. The Morgan fingerprint density at radius 3 is 0.936 bits per heavy atom. The molecule has 0 amide bonds. The van der Waals surface area contributed by atoms with Crippen LogP contribution in [-0.4, -0.2) is 111 Å². The molecule has 5 fully saturated rings. The van der Waals surface area contributed by atoms with Crippen molar-refractivity contribution >= 4 is 11.8 Å². The molecule has 5 radical (unpaired) electrons. The van der Waals surface area contributed by atoms with E-state index in [1.54, 1.807) is 74.4 Å². The first-order chi connectivity index (χ1) is 65.6. The standard InChI is InChI=1S/C20H21N4O2S.C19H16F3N4O3.C19H16F3N4O2.C19H17F2N4O2.C19H19N4O2.5Y/c1-3-27-19-10-6-8-17(24-20(25)23(2)21-22-24)16(19)13-26-18-9-5-4-7-15(18)14-11-12-14;1-25-18(27)26(24-23-25)15-6-4-8-17(29-19(20,21)22)14(15)11-28-16-7-3-2-5-13(16)12-9-10-12;1-25-18(27)26(24-23-25)16-7-4-6-15(19(20,21)22)14(16)11-28-17-8-3-2-5-13(17)12-9-10-12;1-24-19(26)25(23-22-24)16-7-4-6-14(18(20)21)15(16)11-27-17-8-3-2-5-13(17)12-9-10-12;1-13-6-5-8-17(23-19(24)22(2)20-21-23)16(13)12-25-18-9-4-3-7-15(18)14-10-11-14;;;;;/h5-10,14H,3,11-13H2,1-2H3;3-8,12H,9-11H2,1H3;3-8,12H,9-11H2,1H3;3-8,12,18H,9-11H2,1H3;4-9,14H,10-12H2,1-2H3;;;;;/q5*-1;;;;;. The third-order valence-corrected chi connectivity index (χ3v) is 24.0. The van der Waals surface area contributed by atoms with Crippen LogP contribution in [0.3, 0.4) is 0 Å². The largest absolute Gasteiger partial charge is 0.573 e. The molecule has 721 valence electrons. The fourth-order valence-electron chi connectivity index (χ4n) is 15.2. The topological polar surface area (TPSA) is 319 Å². The van der Waals surface area contributed by atoms with Crippen LogP contribution in [0.15, 0.2) is 211 Å². The summed E-state index contributed by atoms with van der Waals surface area (Å²) >= 11 is 1.72. The molecule has 0 bridgehead atoms. The number of aromatic nitrogens is 20. The molecule has 0 aliphatic heterocycles. The normalized spacial score (nSPS) is 13.5. The van der Waals surface area contributed by atoms with E-state index in [0.717, 1.165) is 134 Å². The first kappa shape index (κ1) is 112. The van der Waals surface area contributed by atoms with Gasteiger partial charge >= 0.3 is 41.0 Å². The van der Waals surface area contributed by atoms with Gasteiger partial charge in [0.1, 0.15) is 38.8 Å². The van der Waals surface area contributed by atoms with Gasteiger partial charge in [-0.25, -0.2) is 32.8 Å². The van der Waals surface area contributed by atoms with Gasteiger partial charge in [-0.15, -0.1) is 83.1 Å². The van der Waals surface area contributed by atoms with Gasteiger partial charge in [0, 0.05) is 260 Å². The van der Waals surface area contributed by atoms with E-state index in [4.69, 9.17) is 23.7 Å². The minimum absolute atomic E-state index is 0. The molecule has 5 saturated carbocycles. The summed E-state index contributed by atoms with van der Waals surface area (Å²) in [5, 5.41) is 37.6. The van der Waals surface area contributed by atoms with Gasteiger partial charge < -0.3 is 28.4 Å². The Balaban J connectivity index is 0.000000167. The van der Waals surface area contributed by atoms with Crippen molar-refractivity contribution in [2.45, 2.75) is 165 Å². The van der Waals surface area contributed by atoms with Crippen LogP contribution in [0.5, 0.6) is 34.5 Å². The van der Waals surface area contributed by atoms with Crippen molar-refractivity contribution in [2.24, 2.45) is 35.2 Å². The Morgan fingerprint density at radius 2 is 0.624 bits per heavy atom. The summed E-state index contributed by atoms with van der Waals surface area (Å²) in [7, 11) is 7.38. The van der Waals surface area contributed by atoms with E-state index in [-0.39, 0.29) is 234 Å². The Labute approximate surface area is 932 Å². The monoisotopic (exact) mass is 2330 g/mol. The average molecular weight is 2330 g/mol. The van der Waals surface area contributed by atoms with Gasteiger partial charge in [0.25, 0.3) is 6.43 Å². The van der Waals surface area contributed by atoms with E-state index in [0.29, 0.717) is 71.4 Å². The maximum Gasteiger partial charge on any atom is 0.573 e. The number of thioether (sulfide) groups is 1. The first-order valence-electron chi connectivity index (χ1n) is 43.5. The van der Waals surface area contributed by atoms with Gasteiger partial charge in [-0.05, 0) is 119 Å². The second-order valence-electron chi connectivity index (χ2n) is 32.6. The van der Waals surface area contributed by atoms with E-state index >= 15 is 0 Å². The molecule has 31 nitrogen and oxygen atoms in total. The molecule has 0 saturated heterocycles. The molecular weight excluding hydrogens is 2240 g/mol. The van der Waals surface area contributed by atoms with Gasteiger partial charge in [-0.1, -0.05) is 143 Å². The Bertz CT molecular complexity index is 7130. The zero-order chi connectivity index (χ0) is 95.6. The van der Waals surface area contributed by atoms with E-state index in [1.807, 2.05) is 85.8 Å². The van der Waals surface area contributed by atoms with Crippen molar-refractivity contribution in [1.29, 1.82) is 0 Å². The SMILES string of the molecule is CCSc1cccc(-n2nnn(C)c2=O)c1COc1cc[c-]cc1C1CC1.Cc1cccc(-n2nnn(C)c2=O)c1COc1cc[c-]cc1C1CC1.Cn1nnn(-c2cccc(C(F)(F)F)c2COc2cc[c-]cc2C2CC2)c1=O.Cn1nnn(-c2cccc(C(F)F)c2COc2cc[c-]cc2C2CC2)c1=O.Cn1nnn(-c2cccc(OC(F)(F)F)c2COc2cc[c-]cc2C2CC2)c1=O.[Y].[Y].[Y].[Y].[Y]. The number of benzene rings is 10. The third-order valence-electron chi connectivity index (χ3n) is 23.0. The Morgan fingerprint density at radius 1 is 0.348 bits per heavy atom. The summed E-state index contributed by atoms with van der Waals surface area (Å²) < 4.78 is 152. The quantitative estimate of drug-likeness (QED) is 0.0239. The van der Waals surface area contributed by atoms with Gasteiger partial charge in [-0.2, -0.15) is 151 Å². The summed E-state index contributed by atoms with van der Waals surface area (Å²) in [6, 6.07) is 66.3. The van der Waals surface area contributed by atoms with Crippen LogP contribution in [0.2, 0.25) is 0 Å². The average Bonchev–Trinajstić information content (AvgIpc) is 1.72. The second kappa shape index (κ2) is 50.5. The smallest absolute Gasteiger partial charge is 0.514 e. The number of aryl methyl sites for hydroxylation is 6. The van der Waals surface area contributed by atoms with Crippen LogP contribution in [0.1, 0.15) is 179 Å². The number of rotatable bonds is 29. The maximum atomic E-state index is 13.6. The fourth-order valence-corrected chi connectivity index (χ4v) is 16.0. The second-order valence-corrected chi connectivity index (χ2v) is 33.9. The van der Waals surface area contributed by atoms with E-state index in [9.17, 15) is 59.1 Å². The third kappa shape index (κ3) is 27.9. The molecule has 0 N–H and O–H groups in total. The molecular formula is C96H89F8N20O11SY5-5. The van der Waals surface area contributed by atoms with Crippen molar-refractivity contribution in [2.75, 3.05) is 5.75 Å². The number of alkyl halides is 8. The Hall–Kier alpha value is -9.34. The number of hydrogen-bond donors (Lipinski definition) is 0. The van der Waals surface area contributed by atoms with Gasteiger partial charge in [0.05, 0.1) is 39.6 Å². The van der Waals surface area contributed by atoms with Crippen LogP contribution >= 0.6 is 11.8 Å². The summed E-state index contributed by atoms with van der Waals surface area (Å²) in [6.45, 7) is 4.12. The summed E-state index contributed by atoms with van der Waals surface area (Å²) in [5.41, 5.74) is 6.70. The summed E-state index contributed by atoms with van der Waals surface area (Å²) in [6.07, 6.45) is -1.12. The molecule has 45 heteroatoms. The number of tetrazole rings is 5. The van der Waals surface area contributed by atoms with Gasteiger partial charge in [0.15, 0.2) is 0 Å². The first-order valence-corrected chi connectivity index (χ1v) is 44.5. The molecule has 20 rings (SSSR count). The van der Waals surface area contributed by atoms with Crippen LogP contribution < -0.4 is 56.9 Å². The number of nitrogens with zero attached hydrogens (tertiary/aromatic N) is 20. The molecule has 10 aromatic carbocycles. The molecule has 15 aromatic rings. The van der Waals surface area contributed by atoms with E-state index in [2.05, 4.69) is 100 Å². The zero-order valence-electron chi connectivity index (χ0n) is 77.4. The maximum absolute atomic E-state index is 13.6. The van der Waals surface area contributed by atoms with E-state index in [1.165, 1.54) is 113 Å².